The number of aliphatic hydroxyl groups excluding tert-OH is 1. The first-order chi connectivity index (χ1) is 14.4. The van der Waals surface area contributed by atoms with Gasteiger partial charge in [-0.05, 0) is 38.1 Å². The summed E-state index contributed by atoms with van der Waals surface area (Å²) < 4.78 is 26.8. The van der Waals surface area contributed by atoms with Gasteiger partial charge in [-0.1, -0.05) is 47.5 Å². The molecule has 1 aliphatic rings. The molecule has 3 rings (SSSR count). The molecule has 1 aromatic carbocycles. The van der Waals surface area contributed by atoms with Crippen LogP contribution in [0.4, 0.5) is 10.1 Å². The highest BCUT2D eigenvalue weighted by Gasteiger charge is 2.26. The number of aromatic nitrogens is 1. The molecule has 8 heteroatoms. The molecule has 0 amide bonds. The molecule has 30 heavy (non-hydrogen) atoms. The predicted molar refractivity (Wildman–Crippen MR) is 117 cm³/mol. The van der Waals surface area contributed by atoms with Gasteiger partial charge in [0.05, 0.1) is 16.8 Å². The molecule has 2 aromatic rings. The molecule has 0 aliphatic heterocycles. The van der Waals surface area contributed by atoms with Crippen molar-refractivity contribution in [1.29, 1.82) is 0 Å². The van der Waals surface area contributed by atoms with E-state index in [4.69, 9.17) is 32.7 Å². The van der Waals surface area contributed by atoms with Gasteiger partial charge in [-0.15, -0.1) is 0 Å². The second-order valence-corrected chi connectivity index (χ2v) is 7.13. The Morgan fingerprint density at radius 1 is 1.10 bits per heavy atom. The molecule has 0 saturated heterocycles. The van der Waals surface area contributed by atoms with Crippen molar-refractivity contribution in [3.8, 4) is 11.3 Å². The van der Waals surface area contributed by atoms with E-state index in [9.17, 15) is 5.11 Å². The van der Waals surface area contributed by atoms with Gasteiger partial charge < -0.3 is 14.6 Å². The summed E-state index contributed by atoms with van der Waals surface area (Å²) >= 11 is 12.5. The van der Waals surface area contributed by atoms with E-state index in [0.717, 1.165) is 0 Å². The van der Waals surface area contributed by atoms with Crippen LogP contribution >= 0.6 is 23.2 Å². The third kappa shape index (κ3) is 5.14. The standard InChI is InChI=1S/C22H21Cl2FN2O3/c1-3-29-22(30-4-2)21-17(24)20(26-15-9-11-16(28)12-10-15)18(25)19(27-21)13-5-7-14(23)8-6-13/h5-12,16,22,28H,3-4H2,1-2H3. The fraction of sp³-hybridized carbons (Fsp3) is 0.273. The molecule has 1 N–H and O–H groups in total. The molecule has 0 radical (unpaired) electrons. The van der Waals surface area contributed by atoms with Gasteiger partial charge in [-0.2, -0.15) is 0 Å². The molecule has 1 aromatic heterocycles. The largest absolute Gasteiger partial charge is 0.385 e. The van der Waals surface area contributed by atoms with Crippen LogP contribution in [-0.4, -0.2) is 35.1 Å². The summed E-state index contributed by atoms with van der Waals surface area (Å²) in [7, 11) is 0. The van der Waals surface area contributed by atoms with Crippen molar-refractivity contribution in [2.75, 3.05) is 13.2 Å². The van der Waals surface area contributed by atoms with Crippen molar-refractivity contribution in [2.45, 2.75) is 26.2 Å². The van der Waals surface area contributed by atoms with E-state index in [1.54, 1.807) is 36.4 Å². The molecule has 0 spiro atoms. The molecular weight excluding hydrogens is 430 g/mol. The van der Waals surface area contributed by atoms with Gasteiger partial charge in [0.25, 0.3) is 0 Å². The Morgan fingerprint density at radius 3 is 2.27 bits per heavy atom. The van der Waals surface area contributed by atoms with Crippen molar-refractivity contribution < 1.29 is 19.0 Å². The molecule has 1 heterocycles. The first-order valence-corrected chi connectivity index (χ1v) is 10.2. The van der Waals surface area contributed by atoms with Crippen LogP contribution < -0.4 is 0 Å². The van der Waals surface area contributed by atoms with E-state index in [2.05, 4.69) is 9.98 Å². The number of aliphatic hydroxyl groups is 1. The van der Waals surface area contributed by atoms with E-state index < -0.39 is 18.2 Å². The van der Waals surface area contributed by atoms with E-state index in [-0.39, 0.29) is 22.1 Å². The maximum atomic E-state index is 15.5. The van der Waals surface area contributed by atoms with Crippen molar-refractivity contribution in [1.82, 2.24) is 4.98 Å². The minimum absolute atomic E-state index is 0.00228. The number of rotatable bonds is 7. The molecule has 0 fully saturated rings. The van der Waals surface area contributed by atoms with Crippen molar-refractivity contribution in [2.24, 2.45) is 4.99 Å². The molecule has 5 nitrogen and oxygen atoms in total. The van der Waals surface area contributed by atoms with Gasteiger partial charge in [-0.25, -0.2) is 14.4 Å². The van der Waals surface area contributed by atoms with Crippen molar-refractivity contribution in [3.63, 3.8) is 0 Å². The lowest BCUT2D eigenvalue weighted by atomic mass is 10.1. The van der Waals surface area contributed by atoms with Gasteiger partial charge in [-0.3, -0.25) is 0 Å². The molecule has 0 saturated carbocycles. The Kier molecular flexibility index (Phi) is 7.75. The molecule has 0 unspecified atom stereocenters. The minimum Gasteiger partial charge on any atom is -0.385 e. The van der Waals surface area contributed by atoms with E-state index in [0.29, 0.717) is 29.5 Å². The van der Waals surface area contributed by atoms with Crippen LogP contribution in [0.2, 0.25) is 10.0 Å². The highest BCUT2D eigenvalue weighted by molar-refractivity contribution is 6.34. The number of nitrogens with zero attached hydrogens (tertiary/aromatic N) is 2. The molecule has 0 bridgehead atoms. The monoisotopic (exact) mass is 450 g/mol. The Morgan fingerprint density at radius 2 is 1.70 bits per heavy atom. The third-order valence-electron chi connectivity index (χ3n) is 4.23. The summed E-state index contributed by atoms with van der Waals surface area (Å²) in [6.45, 7) is 4.33. The van der Waals surface area contributed by atoms with Crippen LogP contribution in [0.1, 0.15) is 25.8 Å². The lowest BCUT2D eigenvalue weighted by Crippen LogP contribution is -2.13. The normalized spacial score (nSPS) is 15.8. The van der Waals surface area contributed by atoms with Crippen LogP contribution in [0.15, 0.2) is 53.6 Å². The van der Waals surface area contributed by atoms with E-state index in [1.165, 1.54) is 12.2 Å². The lowest BCUT2D eigenvalue weighted by Gasteiger charge is -2.20. The summed E-state index contributed by atoms with van der Waals surface area (Å²) in [5, 5.41) is 10.1. The summed E-state index contributed by atoms with van der Waals surface area (Å²) in [5.74, 6) is -0.682. The smallest absolute Gasteiger partial charge is 0.202 e. The number of benzene rings is 1. The van der Waals surface area contributed by atoms with Gasteiger partial charge in [0, 0.05) is 23.8 Å². The van der Waals surface area contributed by atoms with Crippen molar-refractivity contribution >= 4 is 34.6 Å². The summed E-state index contributed by atoms with van der Waals surface area (Å²) in [5.41, 5.74) is 1.14. The molecular formula is C22H21Cl2FN2O3. The number of allylic oxidation sites excluding steroid dienone is 2. The lowest BCUT2D eigenvalue weighted by molar-refractivity contribution is -0.142. The van der Waals surface area contributed by atoms with Gasteiger partial charge in [0.2, 0.25) is 6.29 Å². The average Bonchev–Trinajstić information content (AvgIpc) is 2.73. The van der Waals surface area contributed by atoms with Crippen molar-refractivity contribution in [3.05, 3.63) is 70.1 Å². The Bertz CT molecular complexity index is 969. The Labute approximate surface area is 184 Å². The number of hydrogen-bond donors (Lipinski definition) is 1. The summed E-state index contributed by atoms with van der Waals surface area (Å²) in [4.78, 5) is 8.80. The number of hydrogen-bond acceptors (Lipinski definition) is 5. The third-order valence-corrected chi connectivity index (χ3v) is 4.85. The average molecular weight is 451 g/mol. The number of ether oxygens (including phenoxy) is 2. The zero-order valence-electron chi connectivity index (χ0n) is 16.5. The first kappa shape index (κ1) is 22.6. The fourth-order valence-corrected chi connectivity index (χ4v) is 3.21. The fourth-order valence-electron chi connectivity index (χ4n) is 2.83. The summed E-state index contributed by atoms with van der Waals surface area (Å²) in [6.07, 6.45) is 4.67. The number of aliphatic imine (C=N–C) groups is 1. The second-order valence-electron chi connectivity index (χ2n) is 6.32. The van der Waals surface area contributed by atoms with Crippen LogP contribution in [0, 0.1) is 5.82 Å². The number of pyridine rings is 1. The Hall–Kier alpha value is -2.09. The maximum absolute atomic E-state index is 15.5. The topological polar surface area (TPSA) is 63.9 Å². The van der Waals surface area contributed by atoms with Crippen LogP contribution in [0.5, 0.6) is 0 Å². The van der Waals surface area contributed by atoms with Crippen LogP contribution in [0.25, 0.3) is 11.3 Å². The van der Waals surface area contributed by atoms with Crippen LogP contribution in [0.3, 0.4) is 0 Å². The highest BCUT2D eigenvalue weighted by Crippen LogP contribution is 2.40. The first-order valence-electron chi connectivity index (χ1n) is 9.45. The number of halogens is 3. The van der Waals surface area contributed by atoms with E-state index >= 15 is 4.39 Å². The van der Waals surface area contributed by atoms with E-state index in [1.807, 2.05) is 13.8 Å². The highest BCUT2D eigenvalue weighted by atomic mass is 35.5. The van der Waals surface area contributed by atoms with Gasteiger partial charge >= 0.3 is 0 Å². The quantitative estimate of drug-likeness (QED) is 0.539. The molecule has 158 valence electrons. The zero-order valence-corrected chi connectivity index (χ0v) is 18.0. The molecule has 0 atom stereocenters. The van der Waals surface area contributed by atoms with Gasteiger partial charge in [0.15, 0.2) is 5.82 Å². The molecule has 1 aliphatic carbocycles. The van der Waals surface area contributed by atoms with Crippen LogP contribution in [-0.2, 0) is 9.47 Å². The SMILES string of the molecule is CCOC(OCC)c1nc(-c2ccc(Cl)cc2)c(F)c(N=C2C=CC(O)C=C2)c1Cl. The van der Waals surface area contributed by atoms with Gasteiger partial charge in [0.1, 0.15) is 17.1 Å². The minimum atomic E-state index is -0.877. The predicted octanol–water partition coefficient (Wildman–Crippen LogP) is 5.83. The second kappa shape index (κ2) is 10.3. The maximum Gasteiger partial charge on any atom is 0.202 e. The Balaban J connectivity index is 2.21. The zero-order chi connectivity index (χ0) is 21.7. The summed E-state index contributed by atoms with van der Waals surface area (Å²) in [6, 6.07) is 6.62.